The lowest BCUT2D eigenvalue weighted by Gasteiger charge is -2.20. The van der Waals surface area contributed by atoms with Crippen LogP contribution in [0.5, 0.6) is 0 Å². The third kappa shape index (κ3) is 3.02. The van der Waals surface area contributed by atoms with Crippen molar-refractivity contribution in [3.8, 4) is 12.3 Å². The van der Waals surface area contributed by atoms with Gasteiger partial charge >= 0.3 is 0 Å². The molecule has 1 amide bonds. The summed E-state index contributed by atoms with van der Waals surface area (Å²) >= 11 is 0. The van der Waals surface area contributed by atoms with Crippen LogP contribution in [0.25, 0.3) is 0 Å². The smallest absolute Gasteiger partial charge is 0.257 e. The minimum Gasteiger partial charge on any atom is -0.396 e. The van der Waals surface area contributed by atoms with Gasteiger partial charge in [0.2, 0.25) is 0 Å². The van der Waals surface area contributed by atoms with E-state index in [9.17, 15) is 13.6 Å². The van der Waals surface area contributed by atoms with E-state index in [2.05, 4.69) is 5.92 Å². The van der Waals surface area contributed by atoms with E-state index in [0.717, 1.165) is 18.9 Å². The van der Waals surface area contributed by atoms with Crippen molar-refractivity contribution < 1.29 is 13.6 Å². The molecule has 1 saturated carbocycles. The number of benzene rings is 1. The van der Waals surface area contributed by atoms with Crippen molar-refractivity contribution in [1.29, 1.82) is 0 Å². The first-order valence-corrected chi connectivity index (χ1v) is 6.00. The van der Waals surface area contributed by atoms with Crippen molar-refractivity contribution in [2.75, 3.05) is 18.8 Å². The quantitative estimate of drug-likeness (QED) is 0.668. The summed E-state index contributed by atoms with van der Waals surface area (Å²) in [7, 11) is 0. The Hall–Kier alpha value is -2.09. The van der Waals surface area contributed by atoms with Gasteiger partial charge in [0.05, 0.1) is 17.8 Å². The SMILES string of the molecule is C#CCN(CC1CC1)C(=O)c1cc(N)c(F)cc1F. The molecule has 0 radical (unpaired) electrons. The first-order valence-electron chi connectivity index (χ1n) is 6.00. The van der Waals surface area contributed by atoms with Gasteiger partial charge in [-0.05, 0) is 24.8 Å². The third-order valence-electron chi connectivity index (χ3n) is 3.06. The molecule has 1 aliphatic rings. The molecule has 0 aromatic heterocycles. The molecule has 0 bridgehead atoms. The predicted molar refractivity (Wildman–Crippen MR) is 68.2 cm³/mol. The van der Waals surface area contributed by atoms with Crippen LogP contribution in [0.3, 0.4) is 0 Å². The first-order chi connectivity index (χ1) is 9.02. The van der Waals surface area contributed by atoms with Gasteiger partial charge in [0.25, 0.3) is 5.91 Å². The summed E-state index contributed by atoms with van der Waals surface area (Å²) in [6.07, 6.45) is 7.30. The molecule has 1 aromatic carbocycles. The second kappa shape index (κ2) is 5.27. The Morgan fingerprint density at radius 2 is 2.11 bits per heavy atom. The zero-order valence-corrected chi connectivity index (χ0v) is 10.3. The molecule has 0 saturated heterocycles. The summed E-state index contributed by atoms with van der Waals surface area (Å²) in [6.45, 7) is 0.603. The fourth-order valence-electron chi connectivity index (χ4n) is 1.84. The molecule has 0 aliphatic heterocycles. The minimum absolute atomic E-state index is 0.103. The maximum absolute atomic E-state index is 13.6. The summed E-state index contributed by atoms with van der Waals surface area (Å²) in [4.78, 5) is 13.6. The molecule has 19 heavy (non-hydrogen) atoms. The topological polar surface area (TPSA) is 46.3 Å². The molecule has 100 valence electrons. The number of carbonyl (C=O) groups is 1. The summed E-state index contributed by atoms with van der Waals surface area (Å²) < 4.78 is 26.7. The number of hydrogen-bond acceptors (Lipinski definition) is 2. The molecule has 3 nitrogen and oxygen atoms in total. The van der Waals surface area contributed by atoms with Crippen LogP contribution < -0.4 is 5.73 Å². The van der Waals surface area contributed by atoms with Gasteiger partial charge in [0, 0.05) is 12.6 Å². The van der Waals surface area contributed by atoms with Gasteiger partial charge in [0.15, 0.2) is 0 Å². The Balaban J connectivity index is 2.25. The van der Waals surface area contributed by atoms with Crippen molar-refractivity contribution in [2.24, 2.45) is 5.92 Å². The highest BCUT2D eigenvalue weighted by Crippen LogP contribution is 2.30. The van der Waals surface area contributed by atoms with Crippen LogP contribution in [-0.4, -0.2) is 23.9 Å². The molecule has 5 heteroatoms. The fraction of sp³-hybridized carbons (Fsp3) is 0.357. The van der Waals surface area contributed by atoms with Gasteiger partial charge in [-0.2, -0.15) is 0 Å². The second-order valence-electron chi connectivity index (χ2n) is 4.69. The third-order valence-corrected chi connectivity index (χ3v) is 3.06. The highest BCUT2D eigenvalue weighted by atomic mass is 19.1. The largest absolute Gasteiger partial charge is 0.396 e. The van der Waals surface area contributed by atoms with E-state index in [0.29, 0.717) is 18.5 Å². The van der Waals surface area contributed by atoms with E-state index >= 15 is 0 Å². The van der Waals surface area contributed by atoms with E-state index in [1.165, 1.54) is 4.90 Å². The predicted octanol–water partition coefficient (Wildman–Crippen LogP) is 2.03. The number of hydrogen-bond donors (Lipinski definition) is 1. The summed E-state index contributed by atoms with van der Waals surface area (Å²) in [6, 6.07) is 1.64. The van der Waals surface area contributed by atoms with Crippen LogP contribution in [0.4, 0.5) is 14.5 Å². The van der Waals surface area contributed by atoms with Crippen LogP contribution in [0.2, 0.25) is 0 Å². The zero-order chi connectivity index (χ0) is 14.0. The minimum atomic E-state index is -0.922. The van der Waals surface area contributed by atoms with Crippen LogP contribution in [-0.2, 0) is 0 Å². The Bertz CT molecular complexity index is 547. The number of nitrogen functional groups attached to an aromatic ring is 1. The molecule has 2 N–H and O–H groups in total. The lowest BCUT2D eigenvalue weighted by molar-refractivity contribution is 0.0765. The maximum Gasteiger partial charge on any atom is 0.257 e. The lowest BCUT2D eigenvalue weighted by atomic mass is 10.1. The van der Waals surface area contributed by atoms with E-state index in [1.54, 1.807) is 0 Å². The van der Waals surface area contributed by atoms with Crippen LogP contribution >= 0.6 is 0 Å². The van der Waals surface area contributed by atoms with Crippen molar-refractivity contribution >= 4 is 11.6 Å². The summed E-state index contributed by atoms with van der Waals surface area (Å²) in [5.41, 5.74) is 4.87. The molecular weight excluding hydrogens is 250 g/mol. The fourth-order valence-corrected chi connectivity index (χ4v) is 1.84. The molecule has 1 fully saturated rings. The van der Waals surface area contributed by atoms with Gasteiger partial charge < -0.3 is 10.6 Å². The van der Waals surface area contributed by atoms with Crippen molar-refractivity contribution in [3.63, 3.8) is 0 Å². The molecule has 2 rings (SSSR count). The molecule has 0 heterocycles. The monoisotopic (exact) mass is 264 g/mol. The zero-order valence-electron chi connectivity index (χ0n) is 10.3. The van der Waals surface area contributed by atoms with Gasteiger partial charge in [-0.3, -0.25) is 4.79 Å². The Morgan fingerprint density at radius 1 is 1.42 bits per heavy atom. The van der Waals surface area contributed by atoms with Gasteiger partial charge in [-0.1, -0.05) is 5.92 Å². The van der Waals surface area contributed by atoms with Gasteiger partial charge in [-0.15, -0.1) is 6.42 Å². The Labute approximate surface area is 110 Å². The van der Waals surface area contributed by atoms with Crippen molar-refractivity contribution in [2.45, 2.75) is 12.8 Å². The molecule has 1 aliphatic carbocycles. The number of carbonyl (C=O) groups excluding carboxylic acids is 1. The highest BCUT2D eigenvalue weighted by Gasteiger charge is 2.28. The maximum atomic E-state index is 13.6. The Kier molecular flexibility index (Phi) is 3.70. The molecular formula is C14H14F2N2O. The molecule has 0 spiro atoms. The van der Waals surface area contributed by atoms with E-state index in [-0.39, 0.29) is 17.8 Å². The number of rotatable bonds is 4. The van der Waals surface area contributed by atoms with Crippen LogP contribution in [0.15, 0.2) is 12.1 Å². The lowest BCUT2D eigenvalue weighted by Crippen LogP contribution is -2.34. The van der Waals surface area contributed by atoms with Crippen LogP contribution in [0.1, 0.15) is 23.2 Å². The average Bonchev–Trinajstić information content (AvgIpc) is 3.16. The highest BCUT2D eigenvalue weighted by molar-refractivity contribution is 5.95. The standard InChI is InChI=1S/C14H14F2N2O/c1-2-5-18(8-9-3-4-9)14(19)10-6-13(17)12(16)7-11(10)15/h1,6-7,9H,3-5,8,17H2. The van der Waals surface area contributed by atoms with Gasteiger partial charge in [-0.25, -0.2) is 8.78 Å². The Morgan fingerprint density at radius 3 is 2.68 bits per heavy atom. The average molecular weight is 264 g/mol. The number of halogens is 2. The normalized spacial score (nSPS) is 13.9. The first kappa shape index (κ1) is 13.3. The molecule has 1 aromatic rings. The van der Waals surface area contributed by atoms with E-state index in [4.69, 9.17) is 12.2 Å². The number of nitrogens with zero attached hydrogens (tertiary/aromatic N) is 1. The van der Waals surface area contributed by atoms with Crippen molar-refractivity contribution in [3.05, 3.63) is 29.3 Å². The number of nitrogens with two attached hydrogens (primary N) is 1. The summed E-state index contributed by atoms with van der Waals surface area (Å²) in [5.74, 6) is 0.459. The number of terminal acetylenes is 1. The van der Waals surface area contributed by atoms with Crippen LogP contribution in [0, 0.1) is 29.9 Å². The summed E-state index contributed by atoms with van der Waals surface area (Å²) in [5, 5.41) is 0. The number of anilines is 1. The second-order valence-corrected chi connectivity index (χ2v) is 4.69. The van der Waals surface area contributed by atoms with Crippen molar-refractivity contribution in [1.82, 2.24) is 4.90 Å². The van der Waals surface area contributed by atoms with Gasteiger partial charge in [0.1, 0.15) is 11.6 Å². The number of amides is 1. The van der Waals surface area contributed by atoms with E-state index in [1.807, 2.05) is 0 Å². The molecule has 0 unspecified atom stereocenters. The molecule has 0 atom stereocenters. The van der Waals surface area contributed by atoms with E-state index < -0.39 is 17.5 Å².